The van der Waals surface area contributed by atoms with Crippen molar-refractivity contribution < 1.29 is 28.5 Å². The molecule has 0 saturated heterocycles. The predicted octanol–water partition coefficient (Wildman–Crippen LogP) is 3.09. The number of nitrogens with one attached hydrogen (secondary N) is 2. The van der Waals surface area contributed by atoms with E-state index in [0.29, 0.717) is 41.8 Å². The molecule has 1 fully saturated rings. The average Bonchev–Trinajstić information content (AvgIpc) is 3.59. The Hall–Kier alpha value is -3.26. The van der Waals surface area contributed by atoms with Gasteiger partial charge in [-0.2, -0.15) is 0 Å². The highest BCUT2D eigenvalue weighted by Crippen LogP contribution is 2.31. The molecule has 0 heterocycles. The van der Waals surface area contributed by atoms with Gasteiger partial charge in [0.25, 0.3) is 5.91 Å². The number of carbonyl (C=O) groups excluding carboxylic acids is 2. The van der Waals surface area contributed by atoms with Crippen molar-refractivity contribution in [2.45, 2.75) is 12.8 Å². The third kappa shape index (κ3) is 6.38. The lowest BCUT2D eigenvalue weighted by Gasteiger charge is -2.13. The Balaban J connectivity index is 1.52. The van der Waals surface area contributed by atoms with Crippen molar-refractivity contribution in [3.63, 3.8) is 0 Å². The summed E-state index contributed by atoms with van der Waals surface area (Å²) in [5.41, 5.74) is 1.21. The number of rotatable bonds is 11. The number of hydrogen-bond donors (Lipinski definition) is 2. The van der Waals surface area contributed by atoms with Crippen LogP contribution in [0.3, 0.4) is 0 Å². The zero-order chi connectivity index (χ0) is 21.3. The standard InChI is InChI=1S/C22H26N2O6/c1-27-10-11-29-20-13-17(8-9-19(20)28-2)23-21(25)14-30-18-5-3-4-16(12-18)24-22(26)15-6-7-15/h3-5,8-9,12-13,15H,6-7,10-11,14H2,1-2H3,(H,23,25)(H,24,26). The van der Waals surface area contributed by atoms with Crippen LogP contribution in [0, 0.1) is 5.92 Å². The zero-order valence-electron chi connectivity index (χ0n) is 17.1. The summed E-state index contributed by atoms with van der Waals surface area (Å²) >= 11 is 0. The molecule has 0 aliphatic heterocycles. The molecule has 0 unspecified atom stereocenters. The largest absolute Gasteiger partial charge is 0.493 e. The Morgan fingerprint density at radius 2 is 1.73 bits per heavy atom. The SMILES string of the molecule is COCCOc1cc(NC(=O)COc2cccc(NC(=O)C3CC3)c2)ccc1OC. The number of hydrogen-bond acceptors (Lipinski definition) is 6. The Bertz CT molecular complexity index is 882. The Kier molecular flexibility index (Phi) is 7.51. The molecular weight excluding hydrogens is 388 g/mol. The van der Waals surface area contributed by atoms with Crippen LogP contribution in [0.4, 0.5) is 11.4 Å². The van der Waals surface area contributed by atoms with E-state index in [1.54, 1.807) is 56.7 Å². The minimum atomic E-state index is -0.324. The van der Waals surface area contributed by atoms with Gasteiger partial charge in [0.2, 0.25) is 5.91 Å². The van der Waals surface area contributed by atoms with Gasteiger partial charge in [-0.05, 0) is 37.1 Å². The van der Waals surface area contributed by atoms with Crippen LogP contribution in [-0.4, -0.2) is 45.9 Å². The fraction of sp³-hybridized carbons (Fsp3) is 0.364. The topological polar surface area (TPSA) is 95.1 Å². The molecule has 30 heavy (non-hydrogen) atoms. The molecule has 1 saturated carbocycles. The first-order valence-electron chi connectivity index (χ1n) is 9.72. The number of benzene rings is 2. The Morgan fingerprint density at radius 3 is 2.47 bits per heavy atom. The van der Waals surface area contributed by atoms with Crippen molar-refractivity contribution in [2.24, 2.45) is 5.92 Å². The van der Waals surface area contributed by atoms with E-state index in [0.717, 1.165) is 12.8 Å². The fourth-order valence-electron chi connectivity index (χ4n) is 2.70. The van der Waals surface area contributed by atoms with E-state index in [1.807, 2.05) is 0 Å². The van der Waals surface area contributed by atoms with Gasteiger partial charge in [-0.3, -0.25) is 9.59 Å². The van der Waals surface area contributed by atoms with Crippen molar-refractivity contribution in [1.82, 2.24) is 0 Å². The van der Waals surface area contributed by atoms with Crippen LogP contribution in [0.1, 0.15) is 12.8 Å². The summed E-state index contributed by atoms with van der Waals surface area (Å²) in [7, 11) is 3.14. The van der Waals surface area contributed by atoms with E-state index in [2.05, 4.69) is 10.6 Å². The summed E-state index contributed by atoms with van der Waals surface area (Å²) in [5.74, 6) is 1.38. The number of anilines is 2. The molecule has 2 aromatic carbocycles. The van der Waals surface area contributed by atoms with Gasteiger partial charge in [0.05, 0.1) is 13.7 Å². The smallest absolute Gasteiger partial charge is 0.262 e. The van der Waals surface area contributed by atoms with Crippen LogP contribution in [0.2, 0.25) is 0 Å². The number of methoxy groups -OCH3 is 2. The first-order valence-corrected chi connectivity index (χ1v) is 9.72. The molecule has 1 aliphatic carbocycles. The van der Waals surface area contributed by atoms with Crippen LogP contribution < -0.4 is 24.8 Å². The Labute approximate surface area is 175 Å². The lowest BCUT2D eigenvalue weighted by Crippen LogP contribution is -2.20. The molecule has 2 N–H and O–H groups in total. The maximum atomic E-state index is 12.3. The van der Waals surface area contributed by atoms with Crippen LogP contribution in [0.5, 0.6) is 17.2 Å². The van der Waals surface area contributed by atoms with Crippen molar-refractivity contribution in [3.05, 3.63) is 42.5 Å². The van der Waals surface area contributed by atoms with Gasteiger partial charge in [-0.1, -0.05) is 6.07 Å². The van der Waals surface area contributed by atoms with E-state index in [1.165, 1.54) is 0 Å². The fourth-order valence-corrected chi connectivity index (χ4v) is 2.70. The van der Waals surface area contributed by atoms with Crippen molar-refractivity contribution in [3.8, 4) is 17.2 Å². The highest BCUT2D eigenvalue weighted by Gasteiger charge is 2.29. The van der Waals surface area contributed by atoms with Crippen LogP contribution in [-0.2, 0) is 14.3 Å². The maximum Gasteiger partial charge on any atom is 0.262 e. The number of amides is 2. The molecule has 8 heteroatoms. The third-order valence-electron chi connectivity index (χ3n) is 4.41. The van der Waals surface area contributed by atoms with Gasteiger partial charge in [-0.25, -0.2) is 0 Å². The van der Waals surface area contributed by atoms with E-state index >= 15 is 0 Å². The van der Waals surface area contributed by atoms with E-state index in [-0.39, 0.29) is 24.3 Å². The molecule has 1 aliphatic rings. The molecule has 0 bridgehead atoms. The summed E-state index contributed by atoms with van der Waals surface area (Å²) in [4.78, 5) is 24.1. The van der Waals surface area contributed by atoms with Crippen LogP contribution >= 0.6 is 0 Å². The lowest BCUT2D eigenvalue weighted by atomic mass is 10.2. The van der Waals surface area contributed by atoms with E-state index in [9.17, 15) is 9.59 Å². The number of carbonyl (C=O) groups is 2. The molecule has 0 radical (unpaired) electrons. The first kappa shape index (κ1) is 21.4. The first-order chi connectivity index (χ1) is 14.6. The van der Waals surface area contributed by atoms with Crippen LogP contribution in [0.25, 0.3) is 0 Å². The van der Waals surface area contributed by atoms with E-state index in [4.69, 9.17) is 18.9 Å². The molecule has 2 aromatic rings. The second-order valence-electron chi connectivity index (χ2n) is 6.84. The van der Waals surface area contributed by atoms with Gasteiger partial charge in [0, 0.05) is 36.5 Å². The Morgan fingerprint density at radius 1 is 0.933 bits per heavy atom. The molecule has 8 nitrogen and oxygen atoms in total. The summed E-state index contributed by atoms with van der Waals surface area (Å²) in [5, 5.41) is 5.62. The number of ether oxygens (including phenoxy) is 4. The van der Waals surface area contributed by atoms with Gasteiger partial charge in [-0.15, -0.1) is 0 Å². The average molecular weight is 414 g/mol. The van der Waals surface area contributed by atoms with Crippen molar-refractivity contribution >= 4 is 23.2 Å². The zero-order valence-corrected chi connectivity index (χ0v) is 17.1. The summed E-state index contributed by atoms with van der Waals surface area (Å²) < 4.78 is 21.4. The molecule has 2 amide bonds. The molecular formula is C22H26N2O6. The second kappa shape index (κ2) is 10.5. The lowest BCUT2D eigenvalue weighted by molar-refractivity contribution is -0.118. The van der Waals surface area contributed by atoms with Gasteiger partial charge >= 0.3 is 0 Å². The molecule has 160 valence electrons. The minimum Gasteiger partial charge on any atom is -0.493 e. The summed E-state index contributed by atoms with van der Waals surface area (Å²) in [6.07, 6.45) is 1.87. The highest BCUT2D eigenvalue weighted by molar-refractivity contribution is 5.94. The minimum absolute atomic E-state index is 0.0212. The molecule has 0 spiro atoms. The monoisotopic (exact) mass is 414 g/mol. The summed E-state index contributed by atoms with van der Waals surface area (Å²) in [6.45, 7) is 0.626. The molecule has 3 rings (SSSR count). The molecule has 0 aromatic heterocycles. The van der Waals surface area contributed by atoms with Gasteiger partial charge < -0.3 is 29.6 Å². The maximum absolute atomic E-state index is 12.3. The predicted molar refractivity (Wildman–Crippen MR) is 112 cm³/mol. The normalized spacial score (nSPS) is 12.7. The van der Waals surface area contributed by atoms with Gasteiger partial charge in [0.1, 0.15) is 12.4 Å². The quantitative estimate of drug-likeness (QED) is 0.549. The van der Waals surface area contributed by atoms with Crippen molar-refractivity contribution in [2.75, 3.05) is 44.7 Å². The second-order valence-corrected chi connectivity index (χ2v) is 6.84. The third-order valence-corrected chi connectivity index (χ3v) is 4.41. The molecule has 0 atom stereocenters. The highest BCUT2D eigenvalue weighted by atomic mass is 16.5. The van der Waals surface area contributed by atoms with Gasteiger partial charge in [0.15, 0.2) is 18.1 Å². The summed E-state index contributed by atoms with van der Waals surface area (Å²) in [6, 6.07) is 12.1. The van der Waals surface area contributed by atoms with Crippen molar-refractivity contribution in [1.29, 1.82) is 0 Å². The van der Waals surface area contributed by atoms with E-state index < -0.39 is 0 Å². The van der Waals surface area contributed by atoms with Crippen LogP contribution in [0.15, 0.2) is 42.5 Å².